The first-order valence-corrected chi connectivity index (χ1v) is 47.1. The summed E-state index contributed by atoms with van der Waals surface area (Å²) in [5, 5.41) is 9.09. The normalized spacial score (nSPS) is 11.4. The predicted molar refractivity (Wildman–Crippen MR) is 555 cm³/mol. The van der Waals surface area contributed by atoms with Gasteiger partial charge in [-0.05, 0) is 217 Å². The lowest BCUT2D eigenvalue weighted by Gasteiger charge is -2.06. The number of ketones is 5. The molecular weight excluding hydrogens is 1870 g/mol. The van der Waals surface area contributed by atoms with Crippen LogP contribution in [0.25, 0.3) is 165 Å². The second-order valence-electron chi connectivity index (χ2n) is 34.1. The maximum atomic E-state index is 13.4. The number of thiophene rings is 2. The maximum absolute atomic E-state index is 13.4. The van der Waals surface area contributed by atoms with Crippen molar-refractivity contribution in [2.75, 3.05) is 0 Å². The molecule has 0 atom stereocenters. The van der Waals surface area contributed by atoms with Gasteiger partial charge in [0.2, 0.25) is 28.9 Å². The van der Waals surface area contributed by atoms with E-state index in [9.17, 15) is 47.9 Å². The summed E-state index contributed by atoms with van der Waals surface area (Å²) in [4.78, 5) is 134. The van der Waals surface area contributed by atoms with Gasteiger partial charge in [-0.15, -0.1) is 22.7 Å². The van der Waals surface area contributed by atoms with E-state index in [2.05, 4.69) is 9.97 Å². The van der Waals surface area contributed by atoms with Crippen LogP contribution >= 0.6 is 34.3 Å². The van der Waals surface area contributed by atoms with E-state index in [1.807, 2.05) is 279 Å². The molecule has 26 heteroatoms. The molecule has 698 valence electrons. The summed E-state index contributed by atoms with van der Waals surface area (Å²) in [6.07, 6.45) is 6.83. The van der Waals surface area contributed by atoms with Gasteiger partial charge in [0.15, 0.2) is 28.8 Å². The van der Waals surface area contributed by atoms with Crippen LogP contribution in [-0.4, -0.2) is 43.5 Å². The highest BCUT2D eigenvalue weighted by atomic mass is 35.5. The van der Waals surface area contributed by atoms with Crippen molar-refractivity contribution < 1.29 is 68.1 Å². The number of halogens is 1. The number of aryl methyl sites for hydroxylation is 7. The minimum absolute atomic E-state index is 0.171. The van der Waals surface area contributed by atoms with E-state index in [1.165, 1.54) is 53.0 Å². The highest BCUT2D eigenvalue weighted by Crippen LogP contribution is 2.48. The fourth-order valence-electron chi connectivity index (χ4n) is 18.3. The standard InChI is InChI=1S/C24H17NO4.C24H16O4S.C23H13ClO4S.2C23H15NO4/c1-14-13-19(26)29-23-16(14)10-11-18-21(23)20(15-7-4-3-5-8-15)24(28-18)22(27)17-9-6-12-25(17)2;1-13-10-11-29-24(13)21(26)23-19(15-6-4-3-5-7-15)20-17(27-23)9-8-16-14(2)12-18(25)28-22(16)20;1-12-11-18(25)28-22-14(12)7-8-15-20(22)19(13-5-3-2-4-6-13)23(27-15)21(26)16-9-10-17(24)29-16;1-13-12-18(25)28-22-15(13)9-10-17-20(22)19(14-6-3-2-4-7-14)23(27-17)21(26)16-8-5-11-24-16;1-13-11-18(25)28-22-16(13)7-8-17-20(22)19(14-5-3-2-4-6-14)23(27-17)21(26)15-9-10-24-12-15/h3-13H,1-2H3;3-12H,1-2H3;2-11H,1H3;2*2-12,24H,1H3. The molecule has 0 unspecified atom stereocenters. The molecule has 0 amide bonds. The minimum atomic E-state index is -0.444. The summed E-state index contributed by atoms with van der Waals surface area (Å²) in [6.45, 7) is 11.2. The zero-order chi connectivity index (χ0) is 98.9. The monoisotopic (exact) mass is 1940 g/mol. The molecule has 0 aliphatic carbocycles. The second kappa shape index (κ2) is 37.6. The summed E-state index contributed by atoms with van der Waals surface area (Å²) in [5.74, 6) is -0.0497. The topological polar surface area (TPSA) is 339 Å². The summed E-state index contributed by atoms with van der Waals surface area (Å²) >= 11 is 8.61. The van der Waals surface area contributed by atoms with Crippen molar-refractivity contribution in [2.24, 2.45) is 7.05 Å². The van der Waals surface area contributed by atoms with Crippen LogP contribution in [0.2, 0.25) is 4.34 Å². The smallest absolute Gasteiger partial charge is 0.336 e. The Balaban J connectivity index is 0.000000106. The minimum Gasteiger partial charge on any atom is -0.452 e. The fraction of sp³-hybridized carbons (Fsp3) is 0.0598. The number of carbonyl (C=O) groups is 5. The zero-order valence-corrected chi connectivity index (χ0v) is 79.3. The van der Waals surface area contributed by atoms with Gasteiger partial charge in [0, 0.05) is 122 Å². The Morgan fingerprint density at radius 2 is 0.636 bits per heavy atom. The molecule has 0 aliphatic heterocycles. The number of carbonyl (C=O) groups excluding carboxylic acids is 5. The van der Waals surface area contributed by atoms with Crippen LogP contribution < -0.4 is 28.1 Å². The number of fused-ring (bicyclic) bond motifs is 15. The number of hydrogen-bond donors (Lipinski definition) is 2. The van der Waals surface area contributed by atoms with E-state index >= 15 is 0 Å². The largest absolute Gasteiger partial charge is 0.452 e. The average Bonchev–Trinajstić information content (AvgIpc) is 1.65. The van der Waals surface area contributed by atoms with Gasteiger partial charge in [-0.1, -0.05) is 163 Å². The molecule has 0 bridgehead atoms. The maximum Gasteiger partial charge on any atom is 0.336 e. The summed E-state index contributed by atoms with van der Waals surface area (Å²) in [6, 6.07) is 87.2. The zero-order valence-electron chi connectivity index (χ0n) is 76.9. The van der Waals surface area contributed by atoms with Gasteiger partial charge in [-0.2, -0.15) is 0 Å². The van der Waals surface area contributed by atoms with Crippen LogP contribution in [0.15, 0.2) is 389 Å². The number of benzene rings is 10. The Bertz CT molecular complexity index is 9290. The van der Waals surface area contributed by atoms with E-state index in [0.717, 1.165) is 88.1 Å². The van der Waals surface area contributed by atoms with Gasteiger partial charge >= 0.3 is 28.1 Å². The summed E-state index contributed by atoms with van der Waals surface area (Å²) in [7, 11) is 1.82. The molecule has 0 saturated heterocycles. The van der Waals surface area contributed by atoms with Gasteiger partial charge in [0.05, 0.1) is 52.4 Å². The quantitative estimate of drug-likeness (QED) is 0.0711. The van der Waals surface area contributed by atoms with E-state index in [0.29, 0.717) is 142 Å². The molecule has 10 aromatic carbocycles. The number of aromatic amines is 2. The van der Waals surface area contributed by atoms with E-state index in [4.69, 9.17) is 55.8 Å². The van der Waals surface area contributed by atoms with E-state index < -0.39 is 28.1 Å². The van der Waals surface area contributed by atoms with Crippen molar-refractivity contribution in [1.82, 2.24) is 14.5 Å². The molecule has 0 aliphatic rings. The van der Waals surface area contributed by atoms with Gasteiger partial charge in [0.25, 0.3) is 0 Å². The lowest BCUT2D eigenvalue weighted by Crippen LogP contribution is -2.07. The molecular formula is C117H76ClN3O20S2. The van der Waals surface area contributed by atoms with Gasteiger partial charge in [-0.25, -0.2) is 24.0 Å². The highest BCUT2D eigenvalue weighted by Gasteiger charge is 2.34. The number of H-pyrrole nitrogens is 2. The van der Waals surface area contributed by atoms with E-state index in [-0.39, 0.29) is 57.7 Å². The molecule has 25 aromatic rings. The number of furan rings is 5. The fourth-order valence-corrected chi connectivity index (χ4v) is 20.1. The lowest BCUT2D eigenvalue weighted by molar-refractivity contribution is 0.0998. The molecule has 15 heterocycles. The average molecular weight is 1940 g/mol. The number of nitrogens with zero attached hydrogens (tertiary/aromatic N) is 1. The second-order valence-corrected chi connectivity index (χ2v) is 36.7. The van der Waals surface area contributed by atoms with Crippen LogP contribution in [0.1, 0.15) is 113 Å². The Morgan fingerprint density at radius 3 is 0.923 bits per heavy atom. The third-order valence-corrected chi connectivity index (χ3v) is 27.2. The molecule has 2 N–H and O–H groups in total. The van der Waals surface area contributed by atoms with Crippen LogP contribution in [0.5, 0.6) is 0 Å². The molecule has 23 nitrogen and oxygen atoms in total. The molecule has 143 heavy (non-hydrogen) atoms. The van der Waals surface area contributed by atoms with Crippen molar-refractivity contribution >= 4 is 173 Å². The molecule has 0 radical (unpaired) electrons. The van der Waals surface area contributed by atoms with Crippen LogP contribution in [0, 0.1) is 41.5 Å². The Kier molecular flexibility index (Phi) is 24.0. The molecule has 0 saturated carbocycles. The first kappa shape index (κ1) is 91.3. The molecule has 0 fully saturated rings. The number of aromatic nitrogens is 3. The van der Waals surface area contributed by atoms with Crippen LogP contribution in [-0.2, 0) is 7.05 Å². The molecule has 25 rings (SSSR count). The lowest BCUT2D eigenvalue weighted by atomic mass is 9.97. The van der Waals surface area contributed by atoms with Crippen molar-refractivity contribution in [3.8, 4) is 55.6 Å². The van der Waals surface area contributed by atoms with Crippen LogP contribution in [0.4, 0.5) is 0 Å². The Hall–Kier alpha value is -18.2. The van der Waals surface area contributed by atoms with Crippen molar-refractivity contribution in [2.45, 2.75) is 41.5 Å². The van der Waals surface area contributed by atoms with E-state index in [1.54, 1.807) is 65.6 Å². The van der Waals surface area contributed by atoms with Crippen molar-refractivity contribution in [3.05, 3.63) is 467 Å². The first-order chi connectivity index (χ1) is 69.4. The summed E-state index contributed by atoms with van der Waals surface area (Å²) < 4.78 is 60.3. The highest BCUT2D eigenvalue weighted by molar-refractivity contribution is 7.18. The van der Waals surface area contributed by atoms with Crippen molar-refractivity contribution in [3.63, 3.8) is 0 Å². The van der Waals surface area contributed by atoms with Gasteiger partial charge in [0.1, 0.15) is 55.8 Å². The van der Waals surface area contributed by atoms with Crippen LogP contribution in [0.3, 0.4) is 0 Å². The third kappa shape index (κ3) is 16.9. The van der Waals surface area contributed by atoms with Gasteiger partial charge < -0.3 is 58.7 Å². The number of nitrogens with one attached hydrogen (secondary N) is 2. The summed E-state index contributed by atoms with van der Waals surface area (Å²) in [5.41, 5.74) is 16.1. The molecule has 15 aromatic heterocycles. The Morgan fingerprint density at radius 1 is 0.308 bits per heavy atom. The van der Waals surface area contributed by atoms with Crippen molar-refractivity contribution in [1.29, 1.82) is 0 Å². The molecule has 0 spiro atoms. The predicted octanol–water partition coefficient (Wildman–Crippen LogP) is 27.8. The third-order valence-electron chi connectivity index (χ3n) is 24.9. The first-order valence-electron chi connectivity index (χ1n) is 45.1. The van der Waals surface area contributed by atoms with Gasteiger partial charge in [-0.3, -0.25) is 24.0 Å². The number of hydrogen-bond acceptors (Lipinski definition) is 22. The number of rotatable bonds is 15. The Labute approximate surface area is 820 Å². The SMILES string of the molecule is Cc1cc(=O)oc2c1ccc1oc(C(=O)c3cc[nH]c3)c(-c3ccccc3)c12.Cc1cc(=O)oc2c1ccc1oc(C(=O)c3ccc(Cl)s3)c(-c3ccccc3)c12.Cc1cc(=O)oc2c1ccc1oc(C(=O)c3ccc[nH]3)c(-c3ccccc3)c12.Cc1cc(=O)oc2c1ccc1oc(C(=O)c3cccn3C)c(-c3ccccc3)c12.Cc1ccsc1C(=O)c1oc2ccc3c(C)cc(=O)oc3c2c1-c1ccccc1.